The van der Waals surface area contributed by atoms with Crippen molar-refractivity contribution in [3.8, 4) is 0 Å². The van der Waals surface area contributed by atoms with E-state index < -0.39 is 5.41 Å². The summed E-state index contributed by atoms with van der Waals surface area (Å²) in [4.78, 5) is 34.0. The van der Waals surface area contributed by atoms with E-state index in [2.05, 4.69) is 9.88 Å². The lowest BCUT2D eigenvalue weighted by Gasteiger charge is -2.36. The Balaban J connectivity index is 1.36. The first-order valence-electron chi connectivity index (χ1n) is 9.91. The van der Waals surface area contributed by atoms with Gasteiger partial charge in [-0.2, -0.15) is 0 Å². The van der Waals surface area contributed by atoms with Crippen molar-refractivity contribution in [1.82, 2.24) is 14.8 Å². The molecule has 3 saturated heterocycles. The van der Waals surface area contributed by atoms with Gasteiger partial charge in [0.15, 0.2) is 0 Å². The van der Waals surface area contributed by atoms with Gasteiger partial charge < -0.3 is 14.4 Å². The lowest BCUT2D eigenvalue weighted by Crippen LogP contribution is -2.45. The van der Waals surface area contributed by atoms with Gasteiger partial charge in [-0.25, -0.2) is 4.98 Å². The van der Waals surface area contributed by atoms with Crippen LogP contribution in [0.4, 0.5) is 0 Å². The van der Waals surface area contributed by atoms with Gasteiger partial charge in [0.1, 0.15) is 11.1 Å². The summed E-state index contributed by atoms with van der Waals surface area (Å²) < 4.78 is 11.1. The molecule has 0 radical (unpaired) electrons. The highest BCUT2D eigenvalue weighted by Gasteiger charge is 2.51. The number of aromatic nitrogens is 1. The number of carbonyl (C=O) groups is 2. The summed E-state index contributed by atoms with van der Waals surface area (Å²) in [6.45, 7) is 5.23. The third-order valence-corrected chi connectivity index (χ3v) is 6.81. The number of thioether (sulfide) groups is 1. The Bertz CT molecular complexity index is 730. The number of carbonyl (C=O) groups excluding carboxylic acids is 2. The molecule has 0 aromatic carbocycles. The smallest absolute Gasteiger partial charge is 0.312 e. The average Bonchev–Trinajstić information content (AvgIpc) is 3.03. The average molecular weight is 406 g/mol. The Morgan fingerprint density at radius 1 is 1.29 bits per heavy atom. The highest BCUT2D eigenvalue weighted by atomic mass is 32.2. The van der Waals surface area contributed by atoms with E-state index in [1.54, 1.807) is 12.3 Å². The predicted molar refractivity (Wildman–Crippen MR) is 105 cm³/mol. The normalized spacial score (nSPS) is 25.1. The summed E-state index contributed by atoms with van der Waals surface area (Å²) in [5, 5.41) is 0.749. The first-order chi connectivity index (χ1) is 13.6. The standard InChI is InChI=1S/C20H27N3O4S/c1-28-17-16(3-2-6-21-17)18(24)23-7-4-20(5-8-23)13-15(27-19(20)25)14-22-9-11-26-12-10-22/h2-3,6,15H,4-5,7-14H2,1H3. The molecule has 8 heteroatoms. The lowest BCUT2D eigenvalue weighted by atomic mass is 9.76. The molecule has 3 fully saturated rings. The Kier molecular flexibility index (Phi) is 5.89. The molecule has 1 unspecified atom stereocenters. The van der Waals surface area contributed by atoms with E-state index in [-0.39, 0.29) is 18.0 Å². The second-order valence-electron chi connectivity index (χ2n) is 7.78. The molecule has 0 aliphatic carbocycles. The van der Waals surface area contributed by atoms with Crippen LogP contribution in [0.15, 0.2) is 23.4 Å². The number of morpholine rings is 1. The Morgan fingerprint density at radius 2 is 2.04 bits per heavy atom. The maximum Gasteiger partial charge on any atom is 0.312 e. The van der Waals surface area contributed by atoms with Gasteiger partial charge in [0.05, 0.1) is 24.2 Å². The number of likely N-dealkylation sites (tertiary alicyclic amines) is 1. The summed E-state index contributed by atoms with van der Waals surface area (Å²) in [5.74, 6) is -0.0763. The number of piperidine rings is 1. The SMILES string of the molecule is CSc1ncccc1C(=O)N1CCC2(CC1)CC(CN1CCOCC1)OC2=O. The first kappa shape index (κ1) is 19.7. The molecule has 1 spiro atoms. The molecule has 0 saturated carbocycles. The Hall–Kier alpha value is -1.64. The molecule has 1 aromatic rings. The van der Waals surface area contributed by atoms with Crippen molar-refractivity contribution in [2.24, 2.45) is 5.41 Å². The van der Waals surface area contributed by atoms with Crippen molar-refractivity contribution in [2.75, 3.05) is 52.2 Å². The fourth-order valence-corrected chi connectivity index (χ4v) is 4.98. The summed E-state index contributed by atoms with van der Waals surface area (Å²) in [7, 11) is 0. The van der Waals surface area contributed by atoms with Crippen molar-refractivity contribution in [3.05, 3.63) is 23.9 Å². The van der Waals surface area contributed by atoms with Gasteiger partial charge in [-0.05, 0) is 31.2 Å². The number of nitrogens with zero attached hydrogens (tertiary/aromatic N) is 3. The summed E-state index contributed by atoms with van der Waals surface area (Å²) in [5.41, 5.74) is 0.218. The van der Waals surface area contributed by atoms with E-state index in [1.165, 1.54) is 11.8 Å². The van der Waals surface area contributed by atoms with Gasteiger partial charge in [0, 0.05) is 45.3 Å². The van der Waals surface area contributed by atoms with Crippen molar-refractivity contribution in [1.29, 1.82) is 0 Å². The maximum atomic E-state index is 12.9. The molecule has 3 aliphatic rings. The minimum Gasteiger partial charge on any atom is -0.461 e. The van der Waals surface area contributed by atoms with Crippen LogP contribution in [0.2, 0.25) is 0 Å². The van der Waals surface area contributed by atoms with E-state index >= 15 is 0 Å². The number of hydrogen-bond donors (Lipinski definition) is 0. The van der Waals surface area contributed by atoms with Crippen LogP contribution in [0.25, 0.3) is 0 Å². The number of esters is 1. The van der Waals surface area contributed by atoms with Crippen molar-refractivity contribution < 1.29 is 19.1 Å². The first-order valence-corrected chi connectivity index (χ1v) is 11.1. The molecule has 152 valence electrons. The third-order valence-electron chi connectivity index (χ3n) is 6.09. The van der Waals surface area contributed by atoms with Crippen LogP contribution in [0, 0.1) is 5.41 Å². The van der Waals surface area contributed by atoms with Crippen molar-refractivity contribution in [2.45, 2.75) is 30.4 Å². The van der Waals surface area contributed by atoms with E-state index in [0.717, 1.165) is 44.3 Å². The molecule has 3 aliphatic heterocycles. The predicted octanol–water partition coefficient (Wildman–Crippen LogP) is 1.67. The van der Waals surface area contributed by atoms with Crippen molar-refractivity contribution in [3.63, 3.8) is 0 Å². The number of hydrogen-bond acceptors (Lipinski definition) is 7. The fraction of sp³-hybridized carbons (Fsp3) is 0.650. The van der Waals surface area contributed by atoms with Gasteiger partial charge in [-0.3, -0.25) is 14.5 Å². The number of pyridine rings is 1. The Labute approximate surface area is 169 Å². The van der Waals surface area contributed by atoms with Gasteiger partial charge in [0.25, 0.3) is 5.91 Å². The number of amides is 1. The largest absolute Gasteiger partial charge is 0.461 e. The minimum absolute atomic E-state index is 0.00327. The molecule has 1 atom stereocenters. The molecular formula is C20H27N3O4S. The molecule has 4 heterocycles. The van der Waals surface area contributed by atoms with Gasteiger partial charge in [-0.15, -0.1) is 11.8 Å². The molecule has 7 nitrogen and oxygen atoms in total. The topological polar surface area (TPSA) is 72.0 Å². The van der Waals surface area contributed by atoms with Gasteiger partial charge >= 0.3 is 5.97 Å². The highest BCUT2D eigenvalue weighted by Crippen LogP contribution is 2.43. The minimum atomic E-state index is -0.426. The van der Waals surface area contributed by atoms with Crippen LogP contribution in [0.3, 0.4) is 0 Å². The molecule has 28 heavy (non-hydrogen) atoms. The summed E-state index contributed by atoms with van der Waals surface area (Å²) >= 11 is 1.48. The second kappa shape index (κ2) is 8.39. The van der Waals surface area contributed by atoms with Crippen LogP contribution in [-0.2, 0) is 14.3 Å². The van der Waals surface area contributed by atoms with Crippen LogP contribution in [0.5, 0.6) is 0 Å². The third kappa shape index (κ3) is 3.90. The van der Waals surface area contributed by atoms with Crippen LogP contribution < -0.4 is 0 Å². The number of rotatable bonds is 4. The fourth-order valence-electron chi connectivity index (χ4n) is 4.44. The monoisotopic (exact) mass is 405 g/mol. The molecular weight excluding hydrogens is 378 g/mol. The molecule has 0 N–H and O–H groups in total. The van der Waals surface area contributed by atoms with E-state index in [9.17, 15) is 9.59 Å². The zero-order chi connectivity index (χ0) is 19.6. The van der Waals surface area contributed by atoms with Crippen LogP contribution >= 0.6 is 11.8 Å². The van der Waals surface area contributed by atoms with Crippen LogP contribution in [-0.4, -0.2) is 85.0 Å². The van der Waals surface area contributed by atoms with Crippen LogP contribution in [0.1, 0.15) is 29.6 Å². The van der Waals surface area contributed by atoms with E-state index in [0.29, 0.717) is 31.5 Å². The zero-order valence-corrected chi connectivity index (χ0v) is 17.1. The van der Waals surface area contributed by atoms with E-state index in [1.807, 2.05) is 17.2 Å². The zero-order valence-electron chi connectivity index (χ0n) is 16.3. The maximum absolute atomic E-state index is 12.9. The Morgan fingerprint density at radius 3 is 2.75 bits per heavy atom. The summed E-state index contributed by atoms with van der Waals surface area (Å²) in [6, 6.07) is 3.62. The quantitative estimate of drug-likeness (QED) is 0.557. The molecule has 1 aromatic heterocycles. The van der Waals surface area contributed by atoms with E-state index in [4.69, 9.17) is 9.47 Å². The van der Waals surface area contributed by atoms with Crippen molar-refractivity contribution >= 4 is 23.6 Å². The highest BCUT2D eigenvalue weighted by molar-refractivity contribution is 7.98. The molecule has 1 amide bonds. The second-order valence-corrected chi connectivity index (χ2v) is 8.57. The lowest BCUT2D eigenvalue weighted by molar-refractivity contribution is -0.151. The van der Waals surface area contributed by atoms with Gasteiger partial charge in [0.2, 0.25) is 0 Å². The summed E-state index contributed by atoms with van der Waals surface area (Å²) in [6.07, 6.45) is 5.69. The molecule has 0 bridgehead atoms. The number of ether oxygens (including phenoxy) is 2. The van der Waals surface area contributed by atoms with Gasteiger partial charge in [-0.1, -0.05) is 0 Å². The molecule has 4 rings (SSSR count). The number of cyclic esters (lactones) is 1.